The lowest BCUT2D eigenvalue weighted by molar-refractivity contribution is 0.306. The zero-order valence-electron chi connectivity index (χ0n) is 9.45. The van der Waals surface area contributed by atoms with E-state index in [2.05, 4.69) is 10.0 Å². The Morgan fingerprint density at radius 1 is 1.17 bits per heavy atom. The van der Waals surface area contributed by atoms with E-state index in [1.165, 1.54) is 0 Å². The largest absolute Gasteiger partial charge is 0.487 e. The van der Waals surface area contributed by atoms with Gasteiger partial charge in [0.05, 0.1) is 5.02 Å². The van der Waals surface area contributed by atoms with E-state index >= 15 is 0 Å². The fraction of sp³-hybridized carbons (Fsp3) is 0.0769. The Balaban J connectivity index is 2.08. The average molecular weight is 260 g/mol. The van der Waals surface area contributed by atoms with Crippen molar-refractivity contribution in [2.75, 3.05) is 0 Å². The second-order valence-corrected chi connectivity index (χ2v) is 3.99. The summed E-state index contributed by atoms with van der Waals surface area (Å²) in [6.45, 7) is 0.446. The number of rotatable bonds is 4. The molecule has 2 aromatic carbocycles. The fourth-order valence-corrected chi connectivity index (χ4v) is 1.69. The van der Waals surface area contributed by atoms with Gasteiger partial charge in [-0.3, -0.25) is 0 Å². The van der Waals surface area contributed by atoms with E-state index in [1.807, 2.05) is 30.3 Å². The molecule has 0 amide bonds. The molecule has 0 N–H and O–H groups in total. The maximum absolute atomic E-state index is 8.32. The van der Waals surface area contributed by atoms with Crippen LogP contribution in [0.25, 0.3) is 10.4 Å². The van der Waals surface area contributed by atoms with Crippen molar-refractivity contribution >= 4 is 17.3 Å². The first-order valence-corrected chi connectivity index (χ1v) is 5.69. The molecule has 90 valence electrons. The third kappa shape index (κ3) is 3.17. The first kappa shape index (κ1) is 12.3. The SMILES string of the molecule is [N-]=[N+]=Nc1ccc(OCc2ccccc2)c(Cl)c1. The van der Waals surface area contributed by atoms with Crippen LogP contribution in [0, 0.1) is 0 Å². The molecule has 0 spiro atoms. The molecular weight excluding hydrogens is 250 g/mol. The minimum absolute atomic E-state index is 0.427. The molecule has 0 aliphatic rings. The standard InChI is InChI=1S/C13H10ClN3O/c14-12-8-11(16-17-15)6-7-13(12)18-9-10-4-2-1-3-5-10/h1-8H,9H2. The van der Waals surface area contributed by atoms with Crippen molar-refractivity contribution < 1.29 is 4.74 Å². The number of nitrogens with zero attached hydrogens (tertiary/aromatic N) is 3. The highest BCUT2D eigenvalue weighted by Gasteiger charge is 2.02. The van der Waals surface area contributed by atoms with Gasteiger partial charge in [0, 0.05) is 10.6 Å². The smallest absolute Gasteiger partial charge is 0.138 e. The first-order valence-electron chi connectivity index (χ1n) is 5.31. The van der Waals surface area contributed by atoms with Crippen molar-refractivity contribution in [3.63, 3.8) is 0 Å². The molecule has 0 saturated heterocycles. The van der Waals surface area contributed by atoms with Crippen LogP contribution in [0.15, 0.2) is 53.6 Å². The summed E-state index contributed by atoms with van der Waals surface area (Å²) >= 11 is 6.02. The number of benzene rings is 2. The van der Waals surface area contributed by atoms with Gasteiger partial charge >= 0.3 is 0 Å². The van der Waals surface area contributed by atoms with E-state index in [9.17, 15) is 0 Å². The summed E-state index contributed by atoms with van der Waals surface area (Å²) in [4.78, 5) is 2.70. The predicted octanol–water partition coefficient (Wildman–Crippen LogP) is 4.86. The molecule has 4 nitrogen and oxygen atoms in total. The highest BCUT2D eigenvalue weighted by molar-refractivity contribution is 6.32. The summed E-state index contributed by atoms with van der Waals surface area (Å²) in [5.41, 5.74) is 9.85. The van der Waals surface area contributed by atoms with E-state index in [-0.39, 0.29) is 0 Å². The van der Waals surface area contributed by atoms with Gasteiger partial charge in [0.25, 0.3) is 0 Å². The van der Waals surface area contributed by atoms with Gasteiger partial charge < -0.3 is 4.74 Å². The van der Waals surface area contributed by atoms with Crippen LogP contribution in [0.4, 0.5) is 5.69 Å². The number of hydrogen-bond donors (Lipinski definition) is 0. The van der Waals surface area contributed by atoms with Gasteiger partial charge in [-0.25, -0.2) is 0 Å². The summed E-state index contributed by atoms with van der Waals surface area (Å²) in [6.07, 6.45) is 0. The molecule has 5 heteroatoms. The van der Waals surface area contributed by atoms with Gasteiger partial charge in [0.1, 0.15) is 12.4 Å². The predicted molar refractivity (Wildman–Crippen MR) is 71.0 cm³/mol. The summed E-state index contributed by atoms with van der Waals surface area (Å²) in [5.74, 6) is 0.567. The van der Waals surface area contributed by atoms with E-state index in [0.29, 0.717) is 23.1 Å². The van der Waals surface area contributed by atoms with Crippen molar-refractivity contribution in [2.45, 2.75) is 6.61 Å². The molecular formula is C13H10ClN3O. The molecule has 0 aliphatic heterocycles. The van der Waals surface area contributed by atoms with Crippen LogP contribution in [0.1, 0.15) is 5.56 Å². The topological polar surface area (TPSA) is 58.0 Å². The van der Waals surface area contributed by atoms with E-state index in [1.54, 1.807) is 18.2 Å². The highest BCUT2D eigenvalue weighted by Crippen LogP contribution is 2.29. The molecule has 0 atom stereocenters. The Hall–Kier alpha value is -2.16. The van der Waals surface area contributed by atoms with Crippen LogP contribution in [0.5, 0.6) is 5.75 Å². The molecule has 0 aliphatic carbocycles. The van der Waals surface area contributed by atoms with E-state index in [0.717, 1.165) is 5.56 Å². The molecule has 0 fully saturated rings. The first-order chi connectivity index (χ1) is 8.79. The number of ether oxygens (including phenoxy) is 1. The Labute approximate surface area is 109 Å². The normalized spacial score (nSPS) is 9.61. The number of hydrogen-bond acceptors (Lipinski definition) is 2. The van der Waals surface area contributed by atoms with Crippen LogP contribution >= 0.6 is 11.6 Å². The van der Waals surface area contributed by atoms with Gasteiger partial charge in [-0.05, 0) is 29.3 Å². The van der Waals surface area contributed by atoms with Gasteiger partial charge in [-0.15, -0.1) is 0 Å². The molecule has 0 bridgehead atoms. The van der Waals surface area contributed by atoms with Crippen LogP contribution in [-0.4, -0.2) is 0 Å². The van der Waals surface area contributed by atoms with Crippen LogP contribution in [-0.2, 0) is 6.61 Å². The van der Waals surface area contributed by atoms with Crippen LogP contribution < -0.4 is 4.74 Å². The zero-order valence-corrected chi connectivity index (χ0v) is 10.2. The lowest BCUT2D eigenvalue weighted by Crippen LogP contribution is -1.95. The Kier molecular flexibility index (Phi) is 4.07. The van der Waals surface area contributed by atoms with Gasteiger partial charge in [-0.1, -0.05) is 47.0 Å². The van der Waals surface area contributed by atoms with Gasteiger partial charge in [-0.2, -0.15) is 0 Å². The molecule has 2 aromatic rings. The van der Waals surface area contributed by atoms with Gasteiger partial charge in [0.15, 0.2) is 0 Å². The van der Waals surface area contributed by atoms with Crippen LogP contribution in [0.2, 0.25) is 5.02 Å². The minimum Gasteiger partial charge on any atom is -0.487 e. The lowest BCUT2D eigenvalue weighted by atomic mass is 10.2. The highest BCUT2D eigenvalue weighted by atomic mass is 35.5. The molecule has 0 heterocycles. The average Bonchev–Trinajstić information content (AvgIpc) is 2.39. The minimum atomic E-state index is 0.427. The molecule has 0 unspecified atom stereocenters. The summed E-state index contributed by atoms with van der Waals surface area (Å²) in [6, 6.07) is 14.7. The van der Waals surface area contributed by atoms with Crippen molar-refractivity contribution in [3.05, 3.63) is 69.6 Å². The van der Waals surface area contributed by atoms with Crippen molar-refractivity contribution in [2.24, 2.45) is 5.11 Å². The second kappa shape index (κ2) is 5.96. The number of halogens is 1. The molecule has 0 aromatic heterocycles. The van der Waals surface area contributed by atoms with Crippen molar-refractivity contribution in [1.82, 2.24) is 0 Å². The van der Waals surface area contributed by atoms with Crippen LogP contribution in [0.3, 0.4) is 0 Å². The third-order valence-corrected chi connectivity index (χ3v) is 2.61. The fourth-order valence-electron chi connectivity index (χ4n) is 1.46. The van der Waals surface area contributed by atoms with Crippen molar-refractivity contribution in [1.29, 1.82) is 0 Å². The van der Waals surface area contributed by atoms with Gasteiger partial charge in [0.2, 0.25) is 0 Å². The molecule has 2 rings (SSSR count). The Bertz CT molecular complexity index is 580. The summed E-state index contributed by atoms with van der Waals surface area (Å²) in [7, 11) is 0. The Morgan fingerprint density at radius 2 is 1.94 bits per heavy atom. The Morgan fingerprint density at radius 3 is 2.61 bits per heavy atom. The quantitative estimate of drug-likeness (QED) is 0.439. The maximum atomic E-state index is 8.32. The van der Waals surface area contributed by atoms with Crippen molar-refractivity contribution in [3.8, 4) is 5.75 Å². The molecule has 0 saturated carbocycles. The summed E-state index contributed by atoms with van der Waals surface area (Å²) in [5, 5.41) is 3.89. The third-order valence-electron chi connectivity index (χ3n) is 2.31. The zero-order chi connectivity index (χ0) is 12.8. The second-order valence-electron chi connectivity index (χ2n) is 3.58. The lowest BCUT2D eigenvalue weighted by Gasteiger charge is -2.08. The maximum Gasteiger partial charge on any atom is 0.138 e. The van der Waals surface area contributed by atoms with E-state index in [4.69, 9.17) is 21.9 Å². The monoisotopic (exact) mass is 259 g/mol. The molecule has 0 radical (unpaired) electrons. The van der Waals surface area contributed by atoms with E-state index < -0.39 is 0 Å². The number of azide groups is 1. The molecule has 18 heavy (non-hydrogen) atoms. The summed E-state index contributed by atoms with van der Waals surface area (Å²) < 4.78 is 5.59.